The van der Waals surface area contributed by atoms with E-state index in [1.54, 1.807) is 28.9 Å². The van der Waals surface area contributed by atoms with Crippen molar-refractivity contribution in [3.05, 3.63) is 81.2 Å². The van der Waals surface area contributed by atoms with Crippen LogP contribution in [0.4, 0.5) is 10.1 Å². The second-order valence-electron chi connectivity index (χ2n) is 7.22. The van der Waals surface area contributed by atoms with Gasteiger partial charge in [-0.2, -0.15) is 5.10 Å². The molecule has 1 amide bonds. The number of benzene rings is 2. The molecule has 0 saturated heterocycles. The highest BCUT2D eigenvalue weighted by molar-refractivity contribution is 7.12. The molecule has 0 bridgehead atoms. The highest BCUT2D eigenvalue weighted by atomic mass is 35.5. The minimum absolute atomic E-state index is 0.137. The van der Waals surface area contributed by atoms with E-state index in [1.165, 1.54) is 23.5 Å². The second-order valence-corrected chi connectivity index (χ2v) is 8.46. The van der Waals surface area contributed by atoms with Crippen LogP contribution in [0.3, 0.4) is 0 Å². The average Bonchev–Trinajstić information content (AvgIpc) is 3.32. The van der Waals surface area contributed by atoms with E-state index >= 15 is 0 Å². The first kappa shape index (κ1) is 21.2. The van der Waals surface area contributed by atoms with E-state index in [9.17, 15) is 9.18 Å². The summed E-state index contributed by atoms with van der Waals surface area (Å²) in [5, 5.41) is 10.7. The Balaban J connectivity index is 1.56. The number of carbonyl (C=O) groups excluding carboxylic acids is 1. The van der Waals surface area contributed by atoms with Crippen molar-refractivity contribution in [3.63, 3.8) is 0 Å². The molecular weight excluding hydrogens is 435 g/mol. The number of rotatable bonds is 5. The van der Waals surface area contributed by atoms with Crippen molar-refractivity contribution in [3.8, 4) is 16.4 Å². The maximum atomic E-state index is 13.2. The second kappa shape index (κ2) is 8.61. The van der Waals surface area contributed by atoms with E-state index in [4.69, 9.17) is 11.6 Å². The van der Waals surface area contributed by atoms with Crippen LogP contribution in [0.5, 0.6) is 0 Å². The number of hydrogen-bond acceptors (Lipinski definition) is 4. The van der Waals surface area contributed by atoms with Crippen LogP contribution < -0.4 is 5.32 Å². The maximum absolute atomic E-state index is 13.2. The summed E-state index contributed by atoms with van der Waals surface area (Å²) in [6.07, 6.45) is 0.194. The van der Waals surface area contributed by atoms with Crippen molar-refractivity contribution in [2.24, 2.45) is 0 Å². The highest BCUT2D eigenvalue weighted by Gasteiger charge is 2.18. The van der Waals surface area contributed by atoms with Crippen LogP contribution in [0.25, 0.3) is 16.4 Å². The first-order valence-corrected chi connectivity index (χ1v) is 10.9. The zero-order chi connectivity index (χ0) is 22.1. The molecule has 0 unspecified atom stereocenters. The summed E-state index contributed by atoms with van der Waals surface area (Å²) in [5.41, 5.74) is 5.60. The van der Waals surface area contributed by atoms with Gasteiger partial charge in [-0.05, 0) is 62.7 Å². The molecule has 0 fully saturated rings. The summed E-state index contributed by atoms with van der Waals surface area (Å²) in [6.45, 7) is 5.67. The van der Waals surface area contributed by atoms with E-state index in [0.717, 1.165) is 33.8 Å². The number of aryl methyl sites for hydroxylation is 1. The molecule has 0 radical (unpaired) electrons. The number of nitrogens with one attached hydrogen (secondary N) is 1. The van der Waals surface area contributed by atoms with Crippen LogP contribution in [-0.2, 0) is 11.2 Å². The van der Waals surface area contributed by atoms with Crippen LogP contribution >= 0.6 is 22.9 Å². The summed E-state index contributed by atoms with van der Waals surface area (Å²) >= 11 is 7.59. The Hall–Kier alpha value is -3.03. The van der Waals surface area contributed by atoms with Crippen LogP contribution in [0, 0.1) is 26.6 Å². The van der Waals surface area contributed by atoms with Gasteiger partial charge in [0.2, 0.25) is 11.0 Å². The van der Waals surface area contributed by atoms with E-state index in [1.807, 2.05) is 32.2 Å². The number of aromatic nitrogens is 3. The molecule has 4 aromatic rings. The Labute approximate surface area is 188 Å². The summed E-state index contributed by atoms with van der Waals surface area (Å²) < 4.78 is 14.9. The highest BCUT2D eigenvalue weighted by Crippen LogP contribution is 2.27. The van der Waals surface area contributed by atoms with Gasteiger partial charge in [0, 0.05) is 32.9 Å². The molecule has 4 rings (SSSR count). The Bertz CT molecular complexity index is 1260. The lowest BCUT2D eigenvalue weighted by molar-refractivity contribution is -0.115. The van der Waals surface area contributed by atoms with Crippen molar-refractivity contribution >= 4 is 34.5 Å². The maximum Gasteiger partial charge on any atom is 0.228 e. The number of anilines is 1. The molecule has 158 valence electrons. The Kier molecular flexibility index (Phi) is 5.89. The van der Waals surface area contributed by atoms with Gasteiger partial charge in [-0.1, -0.05) is 17.7 Å². The monoisotopic (exact) mass is 454 g/mol. The van der Waals surface area contributed by atoms with Gasteiger partial charge in [-0.15, -0.1) is 11.3 Å². The normalized spacial score (nSPS) is 11.0. The van der Waals surface area contributed by atoms with Crippen molar-refractivity contribution in [2.75, 3.05) is 5.32 Å². The van der Waals surface area contributed by atoms with Gasteiger partial charge in [0.25, 0.3) is 0 Å². The molecule has 8 heteroatoms. The topological polar surface area (TPSA) is 59.8 Å². The summed E-state index contributed by atoms with van der Waals surface area (Å²) in [7, 11) is 0. The Morgan fingerprint density at radius 2 is 1.90 bits per heavy atom. The molecule has 2 aromatic heterocycles. The number of amides is 1. The van der Waals surface area contributed by atoms with Crippen LogP contribution in [0.1, 0.15) is 22.5 Å². The van der Waals surface area contributed by atoms with E-state index in [-0.39, 0.29) is 18.1 Å². The standard InChI is InChI=1S/C23H20ClFN4OS/c1-13-19(24)5-4-6-20(13)26-22(30)11-18-14(2)28-29(15(18)3)23-27-21(12-31-23)16-7-9-17(25)10-8-16/h4-10,12H,11H2,1-3H3,(H,26,30). The number of thiazole rings is 1. The lowest BCUT2D eigenvalue weighted by Gasteiger charge is -2.09. The Morgan fingerprint density at radius 1 is 1.16 bits per heavy atom. The largest absolute Gasteiger partial charge is 0.326 e. The van der Waals surface area contributed by atoms with E-state index in [2.05, 4.69) is 15.4 Å². The third-order valence-electron chi connectivity index (χ3n) is 5.13. The smallest absolute Gasteiger partial charge is 0.228 e. The Morgan fingerprint density at radius 3 is 2.65 bits per heavy atom. The van der Waals surface area contributed by atoms with Gasteiger partial charge < -0.3 is 5.32 Å². The van der Waals surface area contributed by atoms with Crippen molar-refractivity contribution in [2.45, 2.75) is 27.2 Å². The molecule has 0 atom stereocenters. The lowest BCUT2D eigenvalue weighted by Crippen LogP contribution is -2.16. The van der Waals surface area contributed by atoms with E-state index in [0.29, 0.717) is 15.8 Å². The van der Waals surface area contributed by atoms with Gasteiger partial charge >= 0.3 is 0 Å². The first-order chi connectivity index (χ1) is 14.8. The summed E-state index contributed by atoms with van der Waals surface area (Å²) in [5.74, 6) is -0.420. The fourth-order valence-corrected chi connectivity index (χ4v) is 4.34. The molecule has 0 aliphatic rings. The minimum Gasteiger partial charge on any atom is -0.326 e. The molecular formula is C23H20ClFN4OS. The molecule has 0 aliphatic heterocycles. The van der Waals surface area contributed by atoms with Crippen LogP contribution in [-0.4, -0.2) is 20.7 Å². The predicted molar refractivity (Wildman–Crippen MR) is 123 cm³/mol. The van der Waals surface area contributed by atoms with Crippen LogP contribution in [0.15, 0.2) is 47.8 Å². The fraction of sp³-hybridized carbons (Fsp3) is 0.174. The molecule has 0 saturated carbocycles. The average molecular weight is 455 g/mol. The third-order valence-corrected chi connectivity index (χ3v) is 6.36. The molecule has 0 spiro atoms. The summed E-state index contributed by atoms with van der Waals surface area (Å²) in [4.78, 5) is 17.3. The summed E-state index contributed by atoms with van der Waals surface area (Å²) in [6, 6.07) is 11.6. The van der Waals surface area contributed by atoms with Crippen LogP contribution in [0.2, 0.25) is 5.02 Å². The van der Waals surface area contributed by atoms with E-state index < -0.39 is 0 Å². The van der Waals surface area contributed by atoms with Gasteiger partial charge in [-0.25, -0.2) is 14.1 Å². The van der Waals surface area contributed by atoms with Gasteiger partial charge in [0.15, 0.2) is 0 Å². The molecule has 31 heavy (non-hydrogen) atoms. The third kappa shape index (κ3) is 4.38. The van der Waals surface area contributed by atoms with Gasteiger partial charge in [0.1, 0.15) is 5.82 Å². The van der Waals surface area contributed by atoms with Gasteiger partial charge in [0.05, 0.1) is 17.8 Å². The predicted octanol–water partition coefficient (Wildman–Crippen LogP) is 5.89. The molecule has 2 aromatic carbocycles. The fourth-order valence-electron chi connectivity index (χ4n) is 3.33. The SMILES string of the molecule is Cc1nn(-c2nc(-c3ccc(F)cc3)cs2)c(C)c1CC(=O)Nc1cccc(Cl)c1C. The molecule has 0 aliphatic carbocycles. The van der Waals surface area contributed by atoms with Crippen molar-refractivity contribution < 1.29 is 9.18 Å². The number of carbonyl (C=O) groups is 1. The number of halogens is 2. The molecule has 2 heterocycles. The zero-order valence-corrected chi connectivity index (χ0v) is 18.8. The minimum atomic E-state index is -0.284. The van der Waals surface area contributed by atoms with Gasteiger partial charge in [-0.3, -0.25) is 4.79 Å². The quantitative estimate of drug-likeness (QED) is 0.408. The number of nitrogens with zero attached hydrogens (tertiary/aromatic N) is 3. The van der Waals surface area contributed by atoms with Crippen molar-refractivity contribution in [1.82, 2.24) is 14.8 Å². The zero-order valence-electron chi connectivity index (χ0n) is 17.2. The van der Waals surface area contributed by atoms with Crippen molar-refractivity contribution in [1.29, 1.82) is 0 Å². The number of hydrogen-bond donors (Lipinski definition) is 1. The molecule has 5 nitrogen and oxygen atoms in total. The molecule has 1 N–H and O–H groups in total. The first-order valence-electron chi connectivity index (χ1n) is 9.65. The lowest BCUT2D eigenvalue weighted by atomic mass is 10.1.